The van der Waals surface area contributed by atoms with Crippen molar-refractivity contribution in [1.29, 1.82) is 0 Å². The molecule has 0 atom stereocenters. The minimum Gasteiger partial charge on any atom is -0.491 e. The average Bonchev–Trinajstić information content (AvgIpc) is 2.66. The second kappa shape index (κ2) is 13.1. The molecule has 2 N–H and O–H groups in total. The summed E-state index contributed by atoms with van der Waals surface area (Å²) in [5.74, 6) is 0.700. The summed E-state index contributed by atoms with van der Waals surface area (Å²) in [6.07, 6.45) is 2.14. The van der Waals surface area contributed by atoms with Crippen LogP contribution in [0.3, 0.4) is 0 Å². The van der Waals surface area contributed by atoms with Crippen LogP contribution in [-0.4, -0.2) is 63.9 Å². The Morgan fingerprint density at radius 1 is 1.33 bits per heavy atom. The first-order chi connectivity index (χ1) is 12.7. The molecule has 1 aromatic rings. The third kappa shape index (κ3) is 8.18. The van der Waals surface area contributed by atoms with Crippen molar-refractivity contribution in [3.8, 4) is 5.75 Å². The molecule has 6 nitrogen and oxygen atoms in total. The molecule has 0 saturated carbocycles. The van der Waals surface area contributed by atoms with Crippen molar-refractivity contribution in [2.24, 2.45) is 4.99 Å². The molecule has 1 heterocycles. The molecule has 1 fully saturated rings. The number of nitrogens with zero attached hydrogens (tertiary/aromatic N) is 2. The van der Waals surface area contributed by atoms with Crippen LogP contribution in [0.1, 0.15) is 25.3 Å². The van der Waals surface area contributed by atoms with Gasteiger partial charge in [0, 0.05) is 46.4 Å². The maximum absolute atomic E-state index is 13.9. The molecular formula is C19H32FIN4O2. The lowest BCUT2D eigenvalue weighted by atomic mass is 10.1. The van der Waals surface area contributed by atoms with E-state index in [2.05, 4.69) is 20.5 Å². The summed E-state index contributed by atoms with van der Waals surface area (Å²) in [4.78, 5) is 6.69. The molecule has 0 aliphatic carbocycles. The molecule has 0 radical (unpaired) electrons. The molecule has 1 aliphatic heterocycles. The smallest absolute Gasteiger partial charge is 0.191 e. The number of ether oxygens (including phenoxy) is 2. The zero-order chi connectivity index (χ0) is 18.8. The van der Waals surface area contributed by atoms with E-state index in [-0.39, 0.29) is 29.8 Å². The first-order valence-electron chi connectivity index (χ1n) is 9.26. The maximum atomic E-state index is 13.9. The van der Waals surface area contributed by atoms with E-state index < -0.39 is 0 Å². The van der Waals surface area contributed by atoms with Gasteiger partial charge >= 0.3 is 0 Å². The fraction of sp³-hybridized carbons (Fsp3) is 0.632. The predicted molar refractivity (Wildman–Crippen MR) is 118 cm³/mol. The van der Waals surface area contributed by atoms with Crippen molar-refractivity contribution in [3.05, 3.63) is 29.6 Å². The molecular weight excluding hydrogens is 462 g/mol. The standard InChI is InChI=1S/C19H31FN4O2.HI/c1-4-26-18-6-5-15(13-17(18)20)14-22-19(21-2)23-16-7-9-24(10-8-16)11-12-25-3;/h5-6,13,16H,4,7-12,14H2,1-3H3,(H2,21,22,23);1H. The van der Waals surface area contributed by atoms with E-state index in [1.165, 1.54) is 6.07 Å². The van der Waals surface area contributed by atoms with Gasteiger partial charge in [-0.05, 0) is 37.5 Å². The summed E-state index contributed by atoms with van der Waals surface area (Å²) in [5.41, 5.74) is 0.850. The molecule has 0 spiro atoms. The van der Waals surface area contributed by atoms with Gasteiger partial charge in [0.15, 0.2) is 17.5 Å². The topological polar surface area (TPSA) is 58.1 Å². The number of guanidine groups is 1. The fourth-order valence-corrected chi connectivity index (χ4v) is 3.02. The van der Waals surface area contributed by atoms with Gasteiger partial charge in [-0.3, -0.25) is 4.99 Å². The predicted octanol–water partition coefficient (Wildman–Crippen LogP) is 2.62. The SMILES string of the molecule is CCOc1ccc(CNC(=NC)NC2CCN(CCOC)CC2)cc1F.I. The number of benzene rings is 1. The summed E-state index contributed by atoms with van der Waals surface area (Å²) in [5, 5.41) is 6.72. The summed E-state index contributed by atoms with van der Waals surface area (Å²) < 4.78 is 24.3. The molecule has 1 aromatic carbocycles. The minimum atomic E-state index is -0.336. The van der Waals surface area contributed by atoms with E-state index in [1.54, 1.807) is 20.2 Å². The summed E-state index contributed by atoms with van der Waals surface area (Å²) in [6, 6.07) is 5.43. The van der Waals surface area contributed by atoms with Gasteiger partial charge in [-0.1, -0.05) is 6.07 Å². The third-order valence-electron chi connectivity index (χ3n) is 4.52. The number of hydrogen-bond acceptors (Lipinski definition) is 4. The Morgan fingerprint density at radius 3 is 2.67 bits per heavy atom. The first-order valence-corrected chi connectivity index (χ1v) is 9.26. The number of halogens is 2. The van der Waals surface area contributed by atoms with Crippen LogP contribution >= 0.6 is 24.0 Å². The maximum Gasteiger partial charge on any atom is 0.191 e. The highest BCUT2D eigenvalue weighted by Gasteiger charge is 2.19. The zero-order valence-corrected chi connectivity index (χ0v) is 18.8. The van der Waals surface area contributed by atoms with Gasteiger partial charge in [0.25, 0.3) is 0 Å². The van der Waals surface area contributed by atoms with Crippen molar-refractivity contribution in [2.45, 2.75) is 32.4 Å². The van der Waals surface area contributed by atoms with Crippen LogP contribution in [-0.2, 0) is 11.3 Å². The molecule has 0 amide bonds. The molecule has 27 heavy (non-hydrogen) atoms. The molecule has 0 unspecified atom stereocenters. The minimum absolute atomic E-state index is 0. The molecule has 8 heteroatoms. The number of rotatable bonds is 8. The van der Waals surface area contributed by atoms with Crippen molar-refractivity contribution in [3.63, 3.8) is 0 Å². The highest BCUT2D eigenvalue weighted by Crippen LogP contribution is 2.18. The molecule has 1 aliphatic rings. The highest BCUT2D eigenvalue weighted by atomic mass is 127. The highest BCUT2D eigenvalue weighted by molar-refractivity contribution is 14.0. The summed E-state index contributed by atoms with van der Waals surface area (Å²) in [7, 11) is 3.49. The van der Waals surface area contributed by atoms with E-state index in [1.807, 2.05) is 13.0 Å². The second-order valence-electron chi connectivity index (χ2n) is 6.38. The lowest BCUT2D eigenvalue weighted by Gasteiger charge is -2.32. The van der Waals surface area contributed by atoms with Crippen LogP contribution in [0.15, 0.2) is 23.2 Å². The molecule has 2 rings (SSSR count). The van der Waals surface area contributed by atoms with E-state index in [0.29, 0.717) is 24.9 Å². The Kier molecular flexibility index (Phi) is 11.6. The number of methoxy groups -OCH3 is 1. The van der Waals surface area contributed by atoms with Gasteiger partial charge in [-0.25, -0.2) is 4.39 Å². The Bertz CT molecular complexity index is 581. The Balaban J connectivity index is 0.00000364. The number of nitrogens with one attached hydrogen (secondary N) is 2. The Morgan fingerprint density at radius 2 is 2.07 bits per heavy atom. The van der Waals surface area contributed by atoms with Crippen LogP contribution in [0, 0.1) is 5.82 Å². The van der Waals surface area contributed by atoms with Gasteiger partial charge in [0.2, 0.25) is 0 Å². The monoisotopic (exact) mass is 494 g/mol. The van der Waals surface area contributed by atoms with Crippen LogP contribution in [0.2, 0.25) is 0 Å². The van der Waals surface area contributed by atoms with Gasteiger partial charge in [-0.15, -0.1) is 24.0 Å². The van der Waals surface area contributed by atoms with Gasteiger partial charge in [0.05, 0.1) is 13.2 Å². The number of likely N-dealkylation sites (tertiary alicyclic amines) is 1. The third-order valence-corrected chi connectivity index (χ3v) is 4.52. The molecule has 154 valence electrons. The molecule has 1 saturated heterocycles. The first kappa shape index (κ1) is 23.9. The van der Waals surface area contributed by atoms with Crippen LogP contribution in [0.4, 0.5) is 4.39 Å². The quantitative estimate of drug-likeness (QED) is 0.331. The molecule has 0 bridgehead atoms. The van der Waals surface area contributed by atoms with Gasteiger partial charge in [-0.2, -0.15) is 0 Å². The molecule has 0 aromatic heterocycles. The van der Waals surface area contributed by atoms with Crippen molar-refractivity contribution >= 4 is 29.9 Å². The Hall–Kier alpha value is -1.13. The lowest BCUT2D eigenvalue weighted by molar-refractivity contribution is 0.128. The number of piperidine rings is 1. The van der Waals surface area contributed by atoms with Crippen LogP contribution in [0.5, 0.6) is 5.75 Å². The van der Waals surface area contributed by atoms with E-state index >= 15 is 0 Å². The van der Waals surface area contributed by atoms with Crippen LogP contribution in [0.25, 0.3) is 0 Å². The summed E-state index contributed by atoms with van der Waals surface area (Å²) >= 11 is 0. The van der Waals surface area contributed by atoms with Crippen molar-refractivity contribution in [2.75, 3.05) is 47.0 Å². The van der Waals surface area contributed by atoms with E-state index in [9.17, 15) is 4.39 Å². The average molecular weight is 494 g/mol. The lowest BCUT2D eigenvalue weighted by Crippen LogP contribution is -2.48. The van der Waals surface area contributed by atoms with Crippen molar-refractivity contribution < 1.29 is 13.9 Å². The number of hydrogen-bond donors (Lipinski definition) is 2. The Labute approximate surface area is 178 Å². The van der Waals surface area contributed by atoms with Crippen LogP contribution < -0.4 is 15.4 Å². The van der Waals surface area contributed by atoms with Gasteiger partial charge in [0.1, 0.15) is 0 Å². The van der Waals surface area contributed by atoms with Crippen molar-refractivity contribution in [1.82, 2.24) is 15.5 Å². The fourth-order valence-electron chi connectivity index (χ4n) is 3.02. The normalized spacial score (nSPS) is 15.9. The second-order valence-corrected chi connectivity index (χ2v) is 6.38. The van der Waals surface area contributed by atoms with E-state index in [4.69, 9.17) is 9.47 Å². The summed E-state index contributed by atoms with van der Waals surface area (Å²) in [6.45, 7) is 6.68. The zero-order valence-electron chi connectivity index (χ0n) is 16.5. The van der Waals surface area contributed by atoms with Gasteiger partial charge < -0.3 is 25.0 Å². The largest absolute Gasteiger partial charge is 0.491 e. The number of aliphatic imine (C=N–C) groups is 1. The van der Waals surface area contributed by atoms with E-state index in [0.717, 1.165) is 50.6 Å².